The summed E-state index contributed by atoms with van der Waals surface area (Å²) in [7, 11) is 5.44. The number of nitrogens with zero attached hydrogens (tertiary/aromatic N) is 7. The molecule has 2 fully saturated rings. The molecule has 0 saturated carbocycles. The van der Waals surface area contributed by atoms with Crippen LogP contribution in [0.5, 0.6) is 5.75 Å². The number of hydrogen-bond donors (Lipinski definition) is 1. The number of hydrogen-bond acceptors (Lipinski definition) is 8. The summed E-state index contributed by atoms with van der Waals surface area (Å²) >= 11 is 13.0. The number of carbonyl (C=O) groups is 2. The van der Waals surface area contributed by atoms with Crippen LogP contribution < -0.4 is 19.9 Å². The molecule has 3 amide bonds. The number of piperidine rings is 1. The van der Waals surface area contributed by atoms with E-state index in [0.717, 1.165) is 57.7 Å². The van der Waals surface area contributed by atoms with Gasteiger partial charge in [0.2, 0.25) is 5.95 Å². The summed E-state index contributed by atoms with van der Waals surface area (Å²) in [5.41, 5.74) is 4.36. The molecule has 3 aliphatic heterocycles. The molecule has 260 valence electrons. The number of benzene rings is 3. The van der Waals surface area contributed by atoms with Crippen LogP contribution in [0.25, 0.3) is 11.3 Å². The molecule has 2 saturated heterocycles. The Balaban J connectivity index is 1.11. The number of likely N-dealkylation sites (N-methyl/N-ethyl adjacent to an activating group) is 1. The van der Waals surface area contributed by atoms with Crippen molar-refractivity contribution in [3.05, 3.63) is 88.0 Å². The Hall–Kier alpha value is -4.42. The lowest BCUT2D eigenvalue weighted by Crippen LogP contribution is -2.52. The molecule has 1 N–H and O–H groups in total. The number of amides is 3. The van der Waals surface area contributed by atoms with Gasteiger partial charge in [0.25, 0.3) is 5.91 Å². The van der Waals surface area contributed by atoms with E-state index >= 15 is 0 Å². The Bertz CT molecular complexity index is 1890. The van der Waals surface area contributed by atoms with Gasteiger partial charge in [-0.25, -0.2) is 14.8 Å². The summed E-state index contributed by atoms with van der Waals surface area (Å²) in [5, 5.41) is 4.23. The number of fused-ring (bicyclic) bond motifs is 3. The van der Waals surface area contributed by atoms with E-state index in [1.807, 2.05) is 41.3 Å². The molecule has 0 unspecified atom stereocenters. The third-order valence-corrected chi connectivity index (χ3v) is 10.7. The van der Waals surface area contributed by atoms with Crippen LogP contribution >= 0.6 is 23.2 Å². The summed E-state index contributed by atoms with van der Waals surface area (Å²) in [6.07, 6.45) is 3.59. The lowest BCUT2D eigenvalue weighted by atomic mass is 10.0. The fraction of sp³-hybridized carbons (Fsp3) is 0.351. The van der Waals surface area contributed by atoms with E-state index in [0.29, 0.717) is 61.7 Å². The summed E-state index contributed by atoms with van der Waals surface area (Å²) < 4.78 is 5.73. The minimum Gasteiger partial charge on any atom is -0.495 e. The van der Waals surface area contributed by atoms with Crippen molar-refractivity contribution in [2.45, 2.75) is 25.4 Å². The summed E-state index contributed by atoms with van der Waals surface area (Å²) in [5.74, 6) is 0.808. The quantitative estimate of drug-likeness (QED) is 0.228. The maximum Gasteiger partial charge on any atom is 0.329 e. The highest BCUT2D eigenvalue weighted by Gasteiger charge is 2.33. The van der Waals surface area contributed by atoms with Crippen LogP contribution in [0, 0.1) is 0 Å². The number of piperazine rings is 1. The van der Waals surface area contributed by atoms with Gasteiger partial charge in [0.15, 0.2) is 0 Å². The number of halogens is 2. The van der Waals surface area contributed by atoms with Gasteiger partial charge in [-0.15, -0.1) is 0 Å². The smallest absolute Gasteiger partial charge is 0.329 e. The molecule has 50 heavy (non-hydrogen) atoms. The molecule has 3 aliphatic rings. The molecular formula is C37H40Cl2N8O3. The van der Waals surface area contributed by atoms with Crippen molar-refractivity contribution in [3.63, 3.8) is 0 Å². The van der Waals surface area contributed by atoms with Gasteiger partial charge in [0.05, 0.1) is 36.9 Å². The molecule has 0 spiro atoms. The SMILES string of the molecule is COc1cc(C(=O)N2CCC(N3CCN(C)CC3)CC2)ccc1Nc1ncc2c(n1)-c1ccccc1N(Cc1c(Cl)cccc1Cl)C(=O)N2C. The van der Waals surface area contributed by atoms with E-state index in [9.17, 15) is 9.59 Å². The predicted octanol–water partition coefficient (Wildman–Crippen LogP) is 6.63. The fourth-order valence-corrected chi connectivity index (χ4v) is 7.54. The number of carbonyl (C=O) groups excluding carboxylic acids is 2. The van der Waals surface area contributed by atoms with Crippen LogP contribution in [0.15, 0.2) is 66.9 Å². The highest BCUT2D eigenvalue weighted by atomic mass is 35.5. The van der Waals surface area contributed by atoms with E-state index in [1.54, 1.807) is 49.5 Å². The Morgan fingerprint density at radius 3 is 2.36 bits per heavy atom. The zero-order chi connectivity index (χ0) is 34.9. The van der Waals surface area contributed by atoms with E-state index in [2.05, 4.69) is 27.1 Å². The van der Waals surface area contributed by atoms with Crippen molar-refractivity contribution < 1.29 is 14.3 Å². The van der Waals surface area contributed by atoms with Crippen LogP contribution in [0.2, 0.25) is 10.0 Å². The monoisotopic (exact) mass is 714 g/mol. The first-order chi connectivity index (χ1) is 24.2. The second kappa shape index (κ2) is 14.4. The number of para-hydroxylation sites is 1. The highest BCUT2D eigenvalue weighted by molar-refractivity contribution is 6.36. The lowest BCUT2D eigenvalue weighted by Gasteiger charge is -2.42. The second-order valence-electron chi connectivity index (χ2n) is 13.0. The molecular weight excluding hydrogens is 675 g/mol. The van der Waals surface area contributed by atoms with Gasteiger partial charge in [-0.05, 0) is 56.3 Å². The number of methoxy groups -OCH3 is 1. The molecule has 13 heteroatoms. The minimum absolute atomic E-state index is 0.0000912. The van der Waals surface area contributed by atoms with Gasteiger partial charge in [-0.1, -0.05) is 47.5 Å². The Labute approximate surface area is 302 Å². The zero-order valence-corrected chi connectivity index (χ0v) is 29.9. The Kier molecular flexibility index (Phi) is 9.83. The van der Waals surface area contributed by atoms with Crippen LogP contribution in [0.3, 0.4) is 0 Å². The van der Waals surface area contributed by atoms with Gasteiger partial charge in [-0.2, -0.15) is 0 Å². The number of ether oxygens (including phenoxy) is 1. The average molecular weight is 716 g/mol. The van der Waals surface area contributed by atoms with Crippen molar-refractivity contribution in [2.75, 3.05) is 75.6 Å². The zero-order valence-electron chi connectivity index (χ0n) is 28.4. The van der Waals surface area contributed by atoms with Crippen molar-refractivity contribution >= 4 is 58.2 Å². The lowest BCUT2D eigenvalue weighted by molar-refractivity contribution is 0.0518. The van der Waals surface area contributed by atoms with Gasteiger partial charge in [0, 0.05) is 79.1 Å². The molecule has 11 nitrogen and oxygen atoms in total. The van der Waals surface area contributed by atoms with E-state index in [4.69, 9.17) is 32.9 Å². The first kappa shape index (κ1) is 34.0. The minimum atomic E-state index is -0.276. The van der Waals surface area contributed by atoms with Crippen LogP contribution in [-0.4, -0.2) is 103 Å². The highest BCUT2D eigenvalue weighted by Crippen LogP contribution is 2.41. The van der Waals surface area contributed by atoms with Gasteiger partial charge in [-0.3, -0.25) is 19.5 Å². The van der Waals surface area contributed by atoms with Crippen molar-refractivity contribution in [1.82, 2.24) is 24.7 Å². The van der Waals surface area contributed by atoms with Crippen LogP contribution in [0.1, 0.15) is 28.8 Å². The van der Waals surface area contributed by atoms with Crippen LogP contribution in [0.4, 0.5) is 27.8 Å². The topological polar surface area (TPSA) is 97.4 Å². The Morgan fingerprint density at radius 2 is 1.64 bits per heavy atom. The maximum absolute atomic E-state index is 13.9. The van der Waals surface area contributed by atoms with E-state index in [1.165, 1.54) is 4.90 Å². The number of nitrogens with one attached hydrogen (secondary N) is 1. The maximum atomic E-state index is 13.9. The first-order valence-corrected chi connectivity index (χ1v) is 17.6. The third kappa shape index (κ3) is 6.70. The van der Waals surface area contributed by atoms with E-state index < -0.39 is 0 Å². The number of likely N-dealkylation sites (tertiary alicyclic amines) is 1. The molecule has 4 aromatic rings. The normalized spacial score (nSPS) is 17.3. The average Bonchev–Trinajstić information content (AvgIpc) is 3.22. The van der Waals surface area contributed by atoms with Crippen LogP contribution in [-0.2, 0) is 6.54 Å². The largest absolute Gasteiger partial charge is 0.495 e. The van der Waals surface area contributed by atoms with Gasteiger partial charge in [0.1, 0.15) is 11.4 Å². The number of anilines is 4. The molecule has 0 radical (unpaired) electrons. The van der Waals surface area contributed by atoms with E-state index in [-0.39, 0.29) is 18.5 Å². The molecule has 3 aromatic carbocycles. The summed E-state index contributed by atoms with van der Waals surface area (Å²) in [4.78, 5) is 47.0. The molecule has 0 atom stereocenters. The summed E-state index contributed by atoms with van der Waals surface area (Å²) in [6, 6.07) is 18.5. The number of urea groups is 1. The molecule has 0 bridgehead atoms. The third-order valence-electron chi connectivity index (χ3n) is 9.98. The van der Waals surface area contributed by atoms with Gasteiger partial charge >= 0.3 is 6.03 Å². The molecule has 1 aromatic heterocycles. The van der Waals surface area contributed by atoms with Crippen molar-refractivity contribution in [1.29, 1.82) is 0 Å². The molecule has 0 aliphatic carbocycles. The molecule has 4 heterocycles. The first-order valence-electron chi connectivity index (χ1n) is 16.8. The number of aromatic nitrogens is 2. The standard InChI is InChI=1S/C37H40Cl2N8O3/c1-43-17-19-45(20-18-43)25-13-15-46(16-14-25)35(48)24-11-12-30(33(21-24)50-3)41-36-40-22-32-34(42-36)26-7-4-5-10-31(26)47(37(49)44(32)2)23-27-28(38)8-6-9-29(27)39/h4-12,21-22,25H,13-20,23H2,1-3H3,(H,40,41,42). The Morgan fingerprint density at radius 1 is 0.920 bits per heavy atom. The van der Waals surface area contributed by atoms with Crippen molar-refractivity contribution in [3.8, 4) is 17.0 Å². The predicted molar refractivity (Wildman–Crippen MR) is 198 cm³/mol. The number of rotatable bonds is 7. The molecule has 7 rings (SSSR count). The van der Waals surface area contributed by atoms with Gasteiger partial charge < -0.3 is 19.9 Å². The second-order valence-corrected chi connectivity index (χ2v) is 13.8. The summed E-state index contributed by atoms with van der Waals surface area (Å²) in [6.45, 7) is 6.02. The fourth-order valence-electron chi connectivity index (χ4n) is 7.02. The van der Waals surface area contributed by atoms with Crippen molar-refractivity contribution in [2.24, 2.45) is 0 Å².